The SMILES string of the molecule is FCC[C@H](c1cc(F)c(F)c(F)c1)N1CCNCC1. The van der Waals surface area contributed by atoms with Gasteiger partial charge >= 0.3 is 0 Å². The van der Waals surface area contributed by atoms with E-state index in [1.807, 2.05) is 4.90 Å². The Bertz CT molecular complexity index is 410. The van der Waals surface area contributed by atoms with Gasteiger partial charge in [0.2, 0.25) is 0 Å². The van der Waals surface area contributed by atoms with Crippen molar-refractivity contribution in [2.45, 2.75) is 12.5 Å². The molecule has 6 heteroatoms. The van der Waals surface area contributed by atoms with Gasteiger partial charge in [-0.2, -0.15) is 0 Å². The van der Waals surface area contributed by atoms with E-state index in [4.69, 9.17) is 0 Å². The summed E-state index contributed by atoms with van der Waals surface area (Å²) in [7, 11) is 0. The summed E-state index contributed by atoms with van der Waals surface area (Å²) in [6, 6.07) is 1.50. The van der Waals surface area contributed by atoms with Crippen molar-refractivity contribution < 1.29 is 17.6 Å². The first-order valence-electron chi connectivity index (χ1n) is 6.28. The standard InChI is InChI=1S/C13H16F4N2/c14-2-1-12(19-5-3-18-4-6-19)9-7-10(15)13(17)11(16)8-9/h7-8,12,18H,1-6H2/t12-/m1/s1. The molecule has 0 saturated carbocycles. The first-order chi connectivity index (χ1) is 9.13. The van der Waals surface area contributed by atoms with Crippen LogP contribution in [0, 0.1) is 17.5 Å². The minimum Gasteiger partial charge on any atom is -0.314 e. The van der Waals surface area contributed by atoms with Gasteiger partial charge in [0.15, 0.2) is 17.5 Å². The van der Waals surface area contributed by atoms with Crippen LogP contribution in [-0.2, 0) is 0 Å². The van der Waals surface area contributed by atoms with Crippen LogP contribution in [0.2, 0.25) is 0 Å². The summed E-state index contributed by atoms with van der Waals surface area (Å²) in [5.74, 6) is -3.94. The fraction of sp³-hybridized carbons (Fsp3) is 0.538. The number of piperazine rings is 1. The Labute approximate surface area is 109 Å². The van der Waals surface area contributed by atoms with Crippen LogP contribution in [0.5, 0.6) is 0 Å². The first-order valence-corrected chi connectivity index (χ1v) is 6.28. The van der Waals surface area contributed by atoms with Gasteiger partial charge in [-0.15, -0.1) is 0 Å². The highest BCUT2D eigenvalue weighted by molar-refractivity contribution is 5.23. The van der Waals surface area contributed by atoms with Gasteiger partial charge in [-0.3, -0.25) is 9.29 Å². The third-order valence-corrected chi connectivity index (χ3v) is 3.37. The molecule has 1 heterocycles. The zero-order valence-corrected chi connectivity index (χ0v) is 10.4. The Morgan fingerprint density at radius 2 is 1.68 bits per heavy atom. The molecule has 0 unspecified atom stereocenters. The molecule has 1 saturated heterocycles. The number of nitrogens with zero attached hydrogens (tertiary/aromatic N) is 1. The fourth-order valence-corrected chi connectivity index (χ4v) is 2.42. The van der Waals surface area contributed by atoms with Crippen LogP contribution in [0.1, 0.15) is 18.0 Å². The number of benzene rings is 1. The summed E-state index contributed by atoms with van der Waals surface area (Å²) < 4.78 is 52.2. The predicted molar refractivity (Wildman–Crippen MR) is 64.1 cm³/mol. The first kappa shape index (κ1) is 14.3. The molecule has 2 rings (SSSR count). The molecule has 1 aliphatic rings. The molecule has 1 aromatic rings. The van der Waals surface area contributed by atoms with Gasteiger partial charge in [0, 0.05) is 32.2 Å². The maximum Gasteiger partial charge on any atom is 0.194 e. The Kier molecular flexibility index (Phi) is 4.76. The van der Waals surface area contributed by atoms with Crippen molar-refractivity contribution in [2.24, 2.45) is 0 Å². The van der Waals surface area contributed by atoms with E-state index in [-0.39, 0.29) is 12.0 Å². The monoisotopic (exact) mass is 276 g/mol. The number of nitrogens with one attached hydrogen (secondary N) is 1. The molecule has 0 spiro atoms. The summed E-state index contributed by atoms with van der Waals surface area (Å²) in [4.78, 5) is 1.96. The van der Waals surface area contributed by atoms with Crippen LogP contribution in [0.15, 0.2) is 12.1 Å². The van der Waals surface area contributed by atoms with Crippen molar-refractivity contribution in [3.63, 3.8) is 0 Å². The quantitative estimate of drug-likeness (QED) is 0.671. The largest absolute Gasteiger partial charge is 0.314 e. The molecule has 106 valence electrons. The van der Waals surface area contributed by atoms with Crippen molar-refractivity contribution >= 4 is 0 Å². The van der Waals surface area contributed by atoms with Crippen LogP contribution in [0.25, 0.3) is 0 Å². The molecule has 19 heavy (non-hydrogen) atoms. The molecule has 0 bridgehead atoms. The summed E-state index contributed by atoms with van der Waals surface area (Å²) in [6.45, 7) is 2.25. The van der Waals surface area contributed by atoms with Crippen LogP contribution < -0.4 is 5.32 Å². The molecule has 1 N–H and O–H groups in total. The Hall–Kier alpha value is -1.14. The molecular weight excluding hydrogens is 260 g/mol. The summed E-state index contributed by atoms with van der Waals surface area (Å²) in [5, 5.41) is 3.15. The molecular formula is C13H16F4N2. The zero-order valence-electron chi connectivity index (χ0n) is 10.4. The van der Waals surface area contributed by atoms with Crippen molar-refractivity contribution in [1.29, 1.82) is 0 Å². The lowest BCUT2D eigenvalue weighted by Crippen LogP contribution is -2.45. The van der Waals surface area contributed by atoms with E-state index in [1.54, 1.807) is 0 Å². The summed E-state index contributed by atoms with van der Waals surface area (Å²) in [6.07, 6.45) is 0.143. The van der Waals surface area contributed by atoms with Gasteiger partial charge in [-0.25, -0.2) is 13.2 Å². The average molecular weight is 276 g/mol. The van der Waals surface area contributed by atoms with E-state index < -0.39 is 30.2 Å². The van der Waals surface area contributed by atoms with Crippen LogP contribution >= 0.6 is 0 Å². The van der Waals surface area contributed by atoms with Gasteiger partial charge in [-0.1, -0.05) is 0 Å². The minimum absolute atomic E-state index is 0.143. The van der Waals surface area contributed by atoms with Crippen LogP contribution in [0.4, 0.5) is 17.6 Å². The van der Waals surface area contributed by atoms with E-state index in [2.05, 4.69) is 5.32 Å². The van der Waals surface area contributed by atoms with Gasteiger partial charge < -0.3 is 5.32 Å². The second-order valence-corrected chi connectivity index (χ2v) is 4.58. The van der Waals surface area contributed by atoms with E-state index in [1.165, 1.54) is 0 Å². The van der Waals surface area contributed by atoms with Crippen LogP contribution in [-0.4, -0.2) is 37.8 Å². The number of rotatable bonds is 4. The average Bonchev–Trinajstić information content (AvgIpc) is 2.42. The zero-order chi connectivity index (χ0) is 13.8. The molecule has 0 radical (unpaired) electrons. The van der Waals surface area contributed by atoms with Gasteiger partial charge in [-0.05, 0) is 24.1 Å². The van der Waals surface area contributed by atoms with Crippen molar-refractivity contribution in [2.75, 3.05) is 32.9 Å². The van der Waals surface area contributed by atoms with Crippen LogP contribution in [0.3, 0.4) is 0 Å². The smallest absolute Gasteiger partial charge is 0.194 e. The molecule has 1 aliphatic heterocycles. The number of alkyl halides is 1. The lowest BCUT2D eigenvalue weighted by atomic mass is 10.0. The summed E-state index contributed by atoms with van der Waals surface area (Å²) in [5.41, 5.74) is 0.288. The lowest BCUT2D eigenvalue weighted by molar-refractivity contribution is 0.156. The Morgan fingerprint density at radius 3 is 2.21 bits per heavy atom. The number of hydrogen-bond acceptors (Lipinski definition) is 2. The molecule has 1 fully saturated rings. The lowest BCUT2D eigenvalue weighted by Gasteiger charge is -2.35. The van der Waals surface area contributed by atoms with E-state index in [0.717, 1.165) is 25.2 Å². The minimum atomic E-state index is -1.48. The van der Waals surface area contributed by atoms with E-state index in [0.29, 0.717) is 13.1 Å². The predicted octanol–water partition coefficient (Wildman–Crippen LogP) is 2.41. The normalized spacial score (nSPS) is 18.5. The molecule has 2 nitrogen and oxygen atoms in total. The molecule has 1 aromatic carbocycles. The summed E-state index contributed by atoms with van der Waals surface area (Å²) >= 11 is 0. The van der Waals surface area contributed by atoms with E-state index >= 15 is 0 Å². The van der Waals surface area contributed by atoms with Crippen molar-refractivity contribution in [3.8, 4) is 0 Å². The highest BCUT2D eigenvalue weighted by atomic mass is 19.2. The molecule has 0 amide bonds. The van der Waals surface area contributed by atoms with Crippen molar-refractivity contribution in [3.05, 3.63) is 35.1 Å². The number of hydrogen-bond donors (Lipinski definition) is 1. The molecule has 0 aliphatic carbocycles. The number of halogens is 4. The van der Waals surface area contributed by atoms with Gasteiger partial charge in [0.25, 0.3) is 0 Å². The Balaban J connectivity index is 2.27. The molecule has 0 aromatic heterocycles. The third-order valence-electron chi connectivity index (χ3n) is 3.37. The highest BCUT2D eigenvalue weighted by Crippen LogP contribution is 2.27. The maximum absolute atomic E-state index is 13.3. The highest BCUT2D eigenvalue weighted by Gasteiger charge is 2.24. The second-order valence-electron chi connectivity index (χ2n) is 4.58. The molecule has 1 atom stereocenters. The van der Waals surface area contributed by atoms with E-state index in [9.17, 15) is 17.6 Å². The van der Waals surface area contributed by atoms with Gasteiger partial charge in [0.05, 0.1) is 6.67 Å². The maximum atomic E-state index is 13.3. The topological polar surface area (TPSA) is 15.3 Å². The fourth-order valence-electron chi connectivity index (χ4n) is 2.42. The third kappa shape index (κ3) is 3.25. The second kappa shape index (κ2) is 6.34. The van der Waals surface area contributed by atoms with Gasteiger partial charge in [0.1, 0.15) is 0 Å². The Morgan fingerprint density at radius 1 is 1.11 bits per heavy atom. The van der Waals surface area contributed by atoms with Crippen molar-refractivity contribution in [1.82, 2.24) is 10.2 Å².